The SMILES string of the molecule is CCc1nccn1CC1CN(c2ncc(Br)c(OC)n2)C1. The van der Waals surface area contributed by atoms with E-state index in [0.29, 0.717) is 11.8 Å². The van der Waals surface area contributed by atoms with Crippen molar-refractivity contribution in [3.8, 4) is 5.88 Å². The summed E-state index contributed by atoms with van der Waals surface area (Å²) in [5.74, 6) is 3.07. The molecule has 1 aliphatic rings. The summed E-state index contributed by atoms with van der Waals surface area (Å²) in [6.07, 6.45) is 6.63. The number of aromatic nitrogens is 4. The number of methoxy groups -OCH3 is 1. The highest BCUT2D eigenvalue weighted by Gasteiger charge is 2.29. The lowest BCUT2D eigenvalue weighted by Gasteiger charge is -2.39. The largest absolute Gasteiger partial charge is 0.480 e. The number of hydrogen-bond acceptors (Lipinski definition) is 5. The van der Waals surface area contributed by atoms with Crippen LogP contribution in [-0.2, 0) is 13.0 Å². The molecule has 0 bridgehead atoms. The van der Waals surface area contributed by atoms with E-state index < -0.39 is 0 Å². The Morgan fingerprint density at radius 3 is 2.90 bits per heavy atom. The van der Waals surface area contributed by atoms with E-state index in [1.165, 1.54) is 0 Å². The first-order chi connectivity index (χ1) is 10.2. The zero-order valence-electron chi connectivity index (χ0n) is 12.2. The molecule has 112 valence electrons. The van der Waals surface area contributed by atoms with E-state index in [2.05, 4.69) is 53.5 Å². The average Bonchev–Trinajstić information content (AvgIpc) is 2.90. The van der Waals surface area contributed by atoms with Crippen LogP contribution in [0.4, 0.5) is 5.95 Å². The summed E-state index contributed by atoms with van der Waals surface area (Å²) in [4.78, 5) is 15.3. The molecule has 1 aliphatic heterocycles. The fourth-order valence-electron chi connectivity index (χ4n) is 2.59. The number of imidazole rings is 1. The highest BCUT2D eigenvalue weighted by atomic mass is 79.9. The number of hydrogen-bond donors (Lipinski definition) is 0. The third-order valence-corrected chi connectivity index (χ3v) is 4.25. The normalized spacial score (nSPS) is 15.1. The van der Waals surface area contributed by atoms with E-state index in [0.717, 1.165) is 42.3 Å². The molecule has 7 heteroatoms. The van der Waals surface area contributed by atoms with Crippen molar-refractivity contribution >= 4 is 21.9 Å². The molecule has 6 nitrogen and oxygen atoms in total. The maximum absolute atomic E-state index is 5.21. The van der Waals surface area contributed by atoms with E-state index in [1.807, 2.05) is 6.20 Å². The Bertz CT molecular complexity index is 624. The Kier molecular flexibility index (Phi) is 4.10. The molecule has 1 saturated heterocycles. The highest BCUT2D eigenvalue weighted by molar-refractivity contribution is 9.10. The van der Waals surface area contributed by atoms with Crippen LogP contribution in [0.3, 0.4) is 0 Å². The first-order valence-electron chi connectivity index (χ1n) is 7.02. The molecule has 0 amide bonds. The predicted molar refractivity (Wildman–Crippen MR) is 83.6 cm³/mol. The molecule has 0 aromatic carbocycles. The van der Waals surface area contributed by atoms with E-state index in [1.54, 1.807) is 13.3 Å². The van der Waals surface area contributed by atoms with E-state index >= 15 is 0 Å². The van der Waals surface area contributed by atoms with Gasteiger partial charge in [0.25, 0.3) is 0 Å². The van der Waals surface area contributed by atoms with Gasteiger partial charge in [0.15, 0.2) is 0 Å². The second kappa shape index (κ2) is 6.01. The van der Waals surface area contributed by atoms with Crippen LogP contribution in [-0.4, -0.2) is 39.7 Å². The van der Waals surface area contributed by atoms with Gasteiger partial charge >= 0.3 is 0 Å². The fourth-order valence-corrected chi connectivity index (χ4v) is 2.94. The lowest BCUT2D eigenvalue weighted by atomic mass is 10.0. The molecule has 1 fully saturated rings. The minimum absolute atomic E-state index is 0.575. The van der Waals surface area contributed by atoms with Gasteiger partial charge in [0.1, 0.15) is 5.82 Å². The van der Waals surface area contributed by atoms with Gasteiger partial charge in [-0.3, -0.25) is 0 Å². The molecule has 3 heterocycles. The zero-order valence-corrected chi connectivity index (χ0v) is 13.7. The molecule has 0 radical (unpaired) electrons. The first-order valence-corrected chi connectivity index (χ1v) is 7.82. The molecule has 0 unspecified atom stereocenters. The topological polar surface area (TPSA) is 56.1 Å². The predicted octanol–water partition coefficient (Wildman–Crippen LogP) is 2.14. The van der Waals surface area contributed by atoms with Crippen LogP contribution in [0, 0.1) is 5.92 Å². The number of nitrogens with zero attached hydrogens (tertiary/aromatic N) is 5. The Morgan fingerprint density at radius 2 is 2.19 bits per heavy atom. The summed E-state index contributed by atoms with van der Waals surface area (Å²) in [5, 5.41) is 0. The summed E-state index contributed by atoms with van der Waals surface area (Å²) in [6.45, 7) is 5.07. The van der Waals surface area contributed by atoms with Crippen molar-refractivity contribution in [2.24, 2.45) is 5.92 Å². The molecular weight excluding hydrogens is 334 g/mol. The number of aryl methyl sites for hydroxylation is 1. The van der Waals surface area contributed by atoms with Gasteiger partial charge in [-0.25, -0.2) is 9.97 Å². The number of ether oxygens (including phenoxy) is 1. The van der Waals surface area contributed by atoms with E-state index in [4.69, 9.17) is 4.74 Å². The van der Waals surface area contributed by atoms with Crippen molar-refractivity contribution in [1.29, 1.82) is 0 Å². The third-order valence-electron chi connectivity index (χ3n) is 3.71. The van der Waals surface area contributed by atoms with Crippen LogP contribution in [0.1, 0.15) is 12.7 Å². The van der Waals surface area contributed by atoms with Crippen molar-refractivity contribution in [3.63, 3.8) is 0 Å². The van der Waals surface area contributed by atoms with Gasteiger partial charge in [-0.15, -0.1) is 0 Å². The lowest BCUT2D eigenvalue weighted by molar-refractivity contribution is 0.344. The second-order valence-corrected chi connectivity index (χ2v) is 6.00. The summed E-state index contributed by atoms with van der Waals surface area (Å²) < 4.78 is 8.23. The monoisotopic (exact) mass is 351 g/mol. The van der Waals surface area contributed by atoms with Crippen LogP contribution in [0.5, 0.6) is 5.88 Å². The molecule has 0 saturated carbocycles. The molecule has 2 aromatic heterocycles. The summed E-state index contributed by atoms with van der Waals surface area (Å²) in [5.41, 5.74) is 0. The van der Waals surface area contributed by atoms with Gasteiger partial charge in [-0.1, -0.05) is 6.92 Å². The highest BCUT2D eigenvalue weighted by Crippen LogP contribution is 2.27. The lowest BCUT2D eigenvalue weighted by Crippen LogP contribution is -2.49. The number of halogens is 1. The molecule has 0 atom stereocenters. The Hall–Kier alpha value is -1.63. The van der Waals surface area contributed by atoms with Crippen LogP contribution in [0.25, 0.3) is 0 Å². The van der Waals surface area contributed by atoms with Crippen molar-refractivity contribution in [1.82, 2.24) is 19.5 Å². The summed E-state index contributed by atoms with van der Waals surface area (Å²) in [7, 11) is 1.61. The fraction of sp³-hybridized carbons (Fsp3) is 0.500. The first kappa shape index (κ1) is 14.3. The Labute approximate surface area is 132 Å². The molecule has 2 aromatic rings. The summed E-state index contributed by atoms with van der Waals surface area (Å²) in [6, 6.07) is 0. The van der Waals surface area contributed by atoms with Crippen molar-refractivity contribution in [2.75, 3.05) is 25.1 Å². The van der Waals surface area contributed by atoms with E-state index in [9.17, 15) is 0 Å². The van der Waals surface area contributed by atoms with Gasteiger partial charge in [-0.2, -0.15) is 4.98 Å². The number of rotatable bonds is 5. The van der Waals surface area contributed by atoms with Crippen LogP contribution in [0.15, 0.2) is 23.1 Å². The zero-order chi connectivity index (χ0) is 14.8. The molecule has 0 aliphatic carbocycles. The smallest absolute Gasteiger partial charge is 0.232 e. The Balaban J connectivity index is 1.61. The average molecular weight is 352 g/mol. The number of anilines is 1. The van der Waals surface area contributed by atoms with Crippen molar-refractivity contribution < 1.29 is 4.74 Å². The van der Waals surface area contributed by atoms with Crippen molar-refractivity contribution in [3.05, 3.63) is 28.9 Å². The van der Waals surface area contributed by atoms with Crippen LogP contribution >= 0.6 is 15.9 Å². The second-order valence-electron chi connectivity index (χ2n) is 5.15. The molecule has 3 rings (SSSR count). The van der Waals surface area contributed by atoms with Crippen LogP contribution in [0.2, 0.25) is 0 Å². The summed E-state index contributed by atoms with van der Waals surface area (Å²) >= 11 is 3.37. The van der Waals surface area contributed by atoms with E-state index in [-0.39, 0.29) is 0 Å². The minimum Gasteiger partial charge on any atom is -0.480 e. The molecule has 0 N–H and O–H groups in total. The maximum atomic E-state index is 5.21. The van der Waals surface area contributed by atoms with Gasteiger partial charge in [0, 0.05) is 44.4 Å². The standard InChI is InChI=1S/C14H18BrN5O/c1-3-12-16-4-5-19(12)7-10-8-20(9-10)14-17-6-11(15)13(18-14)21-2/h4-6,10H,3,7-9H2,1-2H3. The quantitative estimate of drug-likeness (QED) is 0.825. The third kappa shape index (κ3) is 2.88. The van der Waals surface area contributed by atoms with Gasteiger partial charge in [-0.05, 0) is 15.9 Å². The minimum atomic E-state index is 0.575. The molecule has 21 heavy (non-hydrogen) atoms. The van der Waals surface area contributed by atoms with Gasteiger partial charge < -0.3 is 14.2 Å². The molecular formula is C14H18BrN5O. The Morgan fingerprint density at radius 1 is 1.38 bits per heavy atom. The van der Waals surface area contributed by atoms with Crippen molar-refractivity contribution in [2.45, 2.75) is 19.9 Å². The maximum Gasteiger partial charge on any atom is 0.232 e. The van der Waals surface area contributed by atoms with Gasteiger partial charge in [0.2, 0.25) is 11.8 Å². The van der Waals surface area contributed by atoms with Gasteiger partial charge in [0.05, 0.1) is 17.8 Å². The molecule has 0 spiro atoms. The van der Waals surface area contributed by atoms with Crippen LogP contribution < -0.4 is 9.64 Å².